The molecule has 2 amide bonds. The van der Waals surface area contributed by atoms with Crippen LogP contribution in [0.15, 0.2) is 60.8 Å². The smallest absolute Gasteiger partial charge is 0.274 e. The summed E-state index contributed by atoms with van der Waals surface area (Å²) in [5.41, 5.74) is 0.765. The Bertz CT molecular complexity index is 1070. The van der Waals surface area contributed by atoms with E-state index in [0.29, 0.717) is 17.2 Å². The normalized spacial score (nSPS) is 11.8. The Hall–Kier alpha value is -3.94. The molecule has 140 valence electrons. The molecule has 7 nitrogen and oxygen atoms in total. The minimum absolute atomic E-state index is 0.0124. The molecular weight excluding hydrogens is 365 g/mol. The van der Waals surface area contributed by atoms with Crippen molar-refractivity contribution in [2.45, 2.75) is 0 Å². The molecule has 2 aromatic carbocycles. The molecule has 2 heterocycles. The van der Waals surface area contributed by atoms with Gasteiger partial charge in [-0.3, -0.25) is 14.6 Å². The SMILES string of the molecule is O=C(Nc1ccc2c(c1)OCO2)c1ccnc(C(=O)Nc2ccccc2F)c1. The zero-order valence-electron chi connectivity index (χ0n) is 14.4. The van der Waals surface area contributed by atoms with Crippen LogP contribution in [0.4, 0.5) is 15.8 Å². The number of rotatable bonds is 4. The molecule has 1 aliphatic rings. The van der Waals surface area contributed by atoms with Gasteiger partial charge in [0.15, 0.2) is 11.5 Å². The zero-order chi connectivity index (χ0) is 19.5. The molecular formula is C20H14FN3O4. The monoisotopic (exact) mass is 379 g/mol. The Labute approximate surface area is 159 Å². The molecule has 0 spiro atoms. The molecule has 1 aromatic heterocycles. The fourth-order valence-electron chi connectivity index (χ4n) is 2.62. The van der Waals surface area contributed by atoms with Crippen LogP contribution in [0, 0.1) is 5.82 Å². The number of nitrogens with zero attached hydrogens (tertiary/aromatic N) is 1. The Morgan fingerprint density at radius 3 is 2.61 bits per heavy atom. The summed E-state index contributed by atoms with van der Waals surface area (Å²) in [5.74, 6) is -0.469. The van der Waals surface area contributed by atoms with Gasteiger partial charge in [-0.25, -0.2) is 4.39 Å². The maximum Gasteiger partial charge on any atom is 0.274 e. The van der Waals surface area contributed by atoms with E-state index < -0.39 is 17.6 Å². The van der Waals surface area contributed by atoms with Gasteiger partial charge in [0.1, 0.15) is 11.5 Å². The number of hydrogen-bond donors (Lipinski definition) is 2. The molecule has 0 saturated carbocycles. The molecule has 0 unspecified atom stereocenters. The third-order valence-corrected chi connectivity index (χ3v) is 4.01. The van der Waals surface area contributed by atoms with Gasteiger partial charge in [-0.2, -0.15) is 0 Å². The summed E-state index contributed by atoms with van der Waals surface area (Å²) in [6, 6.07) is 13.6. The molecule has 0 bridgehead atoms. The van der Waals surface area contributed by atoms with Crippen LogP contribution >= 0.6 is 0 Å². The van der Waals surface area contributed by atoms with Crippen molar-refractivity contribution in [3.05, 3.63) is 77.9 Å². The number of hydrogen-bond acceptors (Lipinski definition) is 5. The van der Waals surface area contributed by atoms with Crippen LogP contribution in [-0.4, -0.2) is 23.6 Å². The highest BCUT2D eigenvalue weighted by atomic mass is 19.1. The van der Waals surface area contributed by atoms with Crippen LogP contribution in [0.3, 0.4) is 0 Å². The zero-order valence-corrected chi connectivity index (χ0v) is 14.4. The minimum Gasteiger partial charge on any atom is -0.454 e. The molecule has 8 heteroatoms. The van der Waals surface area contributed by atoms with Gasteiger partial charge >= 0.3 is 0 Å². The van der Waals surface area contributed by atoms with E-state index in [0.717, 1.165) is 0 Å². The van der Waals surface area contributed by atoms with Crippen molar-refractivity contribution in [3.8, 4) is 11.5 Å². The van der Waals surface area contributed by atoms with Crippen molar-refractivity contribution in [2.24, 2.45) is 0 Å². The van der Waals surface area contributed by atoms with Crippen molar-refractivity contribution in [3.63, 3.8) is 0 Å². The molecule has 4 rings (SSSR count). The molecule has 0 atom stereocenters. The van der Waals surface area contributed by atoms with Crippen LogP contribution < -0.4 is 20.1 Å². The number of benzene rings is 2. The second-order valence-electron chi connectivity index (χ2n) is 5.89. The van der Waals surface area contributed by atoms with Crippen molar-refractivity contribution in [1.29, 1.82) is 0 Å². The summed E-state index contributed by atoms with van der Waals surface area (Å²) in [7, 11) is 0. The first-order valence-corrected chi connectivity index (χ1v) is 8.33. The van der Waals surface area contributed by atoms with Gasteiger partial charge in [0.05, 0.1) is 5.69 Å². The number of ether oxygens (including phenoxy) is 2. The van der Waals surface area contributed by atoms with E-state index in [9.17, 15) is 14.0 Å². The Balaban J connectivity index is 1.49. The maximum atomic E-state index is 13.7. The van der Waals surface area contributed by atoms with Gasteiger partial charge in [0.2, 0.25) is 6.79 Å². The fourth-order valence-corrected chi connectivity index (χ4v) is 2.62. The van der Waals surface area contributed by atoms with Gasteiger partial charge in [-0.05, 0) is 36.4 Å². The predicted octanol–water partition coefficient (Wildman–Crippen LogP) is 3.45. The first kappa shape index (κ1) is 17.5. The van der Waals surface area contributed by atoms with E-state index in [1.807, 2.05) is 0 Å². The summed E-state index contributed by atoms with van der Waals surface area (Å²) in [5, 5.41) is 5.15. The number of amides is 2. The highest BCUT2D eigenvalue weighted by Crippen LogP contribution is 2.34. The molecule has 1 aliphatic heterocycles. The second kappa shape index (κ2) is 7.36. The lowest BCUT2D eigenvalue weighted by Crippen LogP contribution is -2.17. The average Bonchev–Trinajstić information content (AvgIpc) is 3.17. The van der Waals surface area contributed by atoms with Crippen LogP contribution in [0.1, 0.15) is 20.8 Å². The number of aromatic nitrogens is 1. The highest BCUT2D eigenvalue weighted by molar-refractivity contribution is 6.07. The standard InChI is InChI=1S/C20H14FN3O4/c21-14-3-1-2-4-15(14)24-20(26)16-9-12(7-8-22-16)19(25)23-13-5-6-17-18(10-13)28-11-27-17/h1-10H,11H2,(H,23,25)(H,24,26). The summed E-state index contributed by atoms with van der Waals surface area (Å²) >= 11 is 0. The number of anilines is 2. The van der Waals surface area contributed by atoms with Gasteiger partial charge in [0.25, 0.3) is 11.8 Å². The lowest BCUT2D eigenvalue weighted by Gasteiger charge is -2.08. The molecule has 2 N–H and O–H groups in total. The van der Waals surface area contributed by atoms with Crippen LogP contribution in [0.5, 0.6) is 11.5 Å². The second-order valence-corrected chi connectivity index (χ2v) is 5.89. The number of carbonyl (C=O) groups excluding carboxylic acids is 2. The number of carbonyl (C=O) groups is 2. The van der Waals surface area contributed by atoms with Gasteiger partial charge in [-0.1, -0.05) is 12.1 Å². The third-order valence-electron chi connectivity index (χ3n) is 4.01. The lowest BCUT2D eigenvalue weighted by molar-refractivity contribution is 0.102. The minimum atomic E-state index is -0.622. The molecule has 0 aliphatic carbocycles. The number of halogens is 1. The summed E-state index contributed by atoms with van der Waals surface area (Å²) in [6.45, 7) is 0.136. The first-order chi connectivity index (χ1) is 13.6. The highest BCUT2D eigenvalue weighted by Gasteiger charge is 2.16. The van der Waals surface area contributed by atoms with Crippen molar-refractivity contribution < 1.29 is 23.5 Å². The van der Waals surface area contributed by atoms with Crippen LogP contribution in [0.25, 0.3) is 0 Å². The molecule has 0 fully saturated rings. The van der Waals surface area contributed by atoms with Crippen molar-refractivity contribution >= 4 is 23.2 Å². The van der Waals surface area contributed by atoms with Crippen LogP contribution in [0.2, 0.25) is 0 Å². The van der Waals surface area contributed by atoms with E-state index >= 15 is 0 Å². The maximum absolute atomic E-state index is 13.7. The van der Waals surface area contributed by atoms with E-state index in [4.69, 9.17) is 9.47 Å². The summed E-state index contributed by atoms with van der Waals surface area (Å²) in [6.07, 6.45) is 1.34. The van der Waals surface area contributed by atoms with Gasteiger partial charge in [-0.15, -0.1) is 0 Å². The summed E-state index contributed by atoms with van der Waals surface area (Å²) < 4.78 is 24.2. The number of fused-ring (bicyclic) bond motifs is 1. The lowest BCUT2D eigenvalue weighted by atomic mass is 10.2. The van der Waals surface area contributed by atoms with E-state index in [-0.39, 0.29) is 23.7 Å². The van der Waals surface area contributed by atoms with E-state index in [2.05, 4.69) is 15.6 Å². The van der Waals surface area contributed by atoms with E-state index in [1.165, 1.54) is 36.5 Å². The van der Waals surface area contributed by atoms with E-state index in [1.54, 1.807) is 24.3 Å². The Morgan fingerprint density at radius 2 is 1.75 bits per heavy atom. The largest absolute Gasteiger partial charge is 0.454 e. The average molecular weight is 379 g/mol. The topological polar surface area (TPSA) is 89.6 Å². The number of pyridine rings is 1. The predicted molar refractivity (Wildman–Crippen MR) is 99.1 cm³/mol. The first-order valence-electron chi connectivity index (χ1n) is 8.33. The summed E-state index contributed by atoms with van der Waals surface area (Å²) in [4.78, 5) is 28.8. The Kier molecular flexibility index (Phi) is 4.59. The molecule has 3 aromatic rings. The number of nitrogens with one attached hydrogen (secondary N) is 2. The van der Waals surface area contributed by atoms with Gasteiger partial charge in [0, 0.05) is 23.5 Å². The number of para-hydroxylation sites is 1. The van der Waals surface area contributed by atoms with Crippen molar-refractivity contribution in [2.75, 3.05) is 17.4 Å². The molecule has 0 saturated heterocycles. The quantitative estimate of drug-likeness (QED) is 0.725. The third kappa shape index (κ3) is 3.61. The van der Waals surface area contributed by atoms with Crippen LogP contribution in [-0.2, 0) is 0 Å². The fraction of sp³-hybridized carbons (Fsp3) is 0.0500. The molecule has 0 radical (unpaired) electrons. The van der Waals surface area contributed by atoms with Crippen molar-refractivity contribution in [1.82, 2.24) is 4.98 Å². The Morgan fingerprint density at radius 1 is 0.929 bits per heavy atom. The van der Waals surface area contributed by atoms with Gasteiger partial charge < -0.3 is 20.1 Å². The molecule has 28 heavy (non-hydrogen) atoms.